The molecule has 4 aliphatic rings. The molecule has 2 aliphatic heterocycles. The molecule has 12 rings (SSSR count). The van der Waals surface area contributed by atoms with Crippen molar-refractivity contribution in [3.8, 4) is 11.4 Å². The maximum Gasteiger partial charge on any atom is 0.416 e. The van der Waals surface area contributed by atoms with E-state index in [4.69, 9.17) is 0 Å². The molecule has 0 saturated carbocycles. The Balaban J connectivity index is 0.000000172. The predicted molar refractivity (Wildman–Crippen MR) is 273 cm³/mol. The first kappa shape index (κ1) is 55.7. The van der Waals surface area contributed by atoms with Gasteiger partial charge in [0.05, 0.1) is 63.8 Å². The highest BCUT2D eigenvalue weighted by Gasteiger charge is 2.56. The van der Waals surface area contributed by atoms with Crippen molar-refractivity contribution in [1.29, 1.82) is 0 Å². The van der Waals surface area contributed by atoms with Gasteiger partial charge in [0.2, 0.25) is 15.0 Å². The Labute approximate surface area is 461 Å². The summed E-state index contributed by atoms with van der Waals surface area (Å²) in [6.45, 7) is -0.495. The van der Waals surface area contributed by atoms with Crippen LogP contribution in [0.1, 0.15) is 67.5 Å². The number of hydrogen-bond donors (Lipinski definition) is 0. The summed E-state index contributed by atoms with van der Waals surface area (Å²) in [6.07, 6.45) is 1.61. The molecule has 8 heterocycles. The number of aromatic nitrogens is 11. The van der Waals surface area contributed by atoms with Crippen LogP contribution in [0, 0.1) is 28.4 Å². The van der Waals surface area contributed by atoms with E-state index in [0.717, 1.165) is 45.5 Å². The van der Waals surface area contributed by atoms with Crippen molar-refractivity contribution in [3.05, 3.63) is 178 Å². The lowest BCUT2D eigenvalue weighted by Gasteiger charge is -2.48. The molecule has 426 valence electrons. The van der Waals surface area contributed by atoms with Gasteiger partial charge >= 0.3 is 12.4 Å². The van der Waals surface area contributed by atoms with Crippen LogP contribution in [0.5, 0.6) is 0 Å². The lowest BCUT2D eigenvalue weighted by molar-refractivity contribution is -0.138. The molecule has 0 N–H and O–H groups in total. The summed E-state index contributed by atoms with van der Waals surface area (Å²) < 4.78 is 169. The normalized spacial score (nSPS) is 20.4. The van der Waals surface area contributed by atoms with E-state index in [1.165, 1.54) is 58.9 Å². The van der Waals surface area contributed by atoms with Gasteiger partial charge in [-0.3, -0.25) is 24.2 Å². The second-order valence-corrected chi connectivity index (χ2v) is 24.2. The number of benzene rings is 2. The molecule has 0 radical (unpaired) electrons. The van der Waals surface area contributed by atoms with Crippen LogP contribution >= 0.6 is 0 Å². The Morgan fingerprint density at radius 2 is 1.23 bits per heavy atom. The molecule has 2 aromatic carbocycles. The highest BCUT2D eigenvalue weighted by molar-refractivity contribution is 7.89. The van der Waals surface area contributed by atoms with Crippen molar-refractivity contribution < 1.29 is 61.5 Å². The van der Waals surface area contributed by atoms with Crippen LogP contribution in [0.3, 0.4) is 0 Å². The summed E-state index contributed by atoms with van der Waals surface area (Å²) in [5.41, 5.74) is -1.48. The Morgan fingerprint density at radius 1 is 0.646 bits per heavy atom. The summed E-state index contributed by atoms with van der Waals surface area (Å²) in [5.74, 6) is -2.67. The topological polar surface area (TPSA) is 219 Å². The highest BCUT2D eigenvalue weighted by Crippen LogP contribution is 2.50. The van der Waals surface area contributed by atoms with E-state index in [2.05, 4.69) is 35.5 Å². The molecular formula is C53H45F8N13O6S2. The summed E-state index contributed by atoms with van der Waals surface area (Å²) in [7, 11) is -5.21. The number of sulfonamides is 2. The molecule has 19 nitrogen and oxygen atoms in total. The number of rotatable bonds is 10. The molecule has 3 atom stereocenters. The minimum Gasteiger partial charge on any atom is -0.292 e. The molecule has 0 bridgehead atoms. The summed E-state index contributed by atoms with van der Waals surface area (Å²) in [5, 5.41) is 20.3. The van der Waals surface area contributed by atoms with Gasteiger partial charge in [0.15, 0.2) is 11.6 Å². The number of halogens is 8. The molecule has 6 aromatic heterocycles. The average Bonchev–Trinajstić information content (AvgIpc) is 4.35. The van der Waals surface area contributed by atoms with Gasteiger partial charge in [-0.15, -0.1) is 5.10 Å². The van der Waals surface area contributed by atoms with Gasteiger partial charge in [0, 0.05) is 64.6 Å². The molecular weight excluding hydrogens is 1130 g/mol. The van der Waals surface area contributed by atoms with Gasteiger partial charge in [0.25, 0.3) is 10.0 Å². The summed E-state index contributed by atoms with van der Waals surface area (Å²) >= 11 is 0. The van der Waals surface area contributed by atoms with Gasteiger partial charge in [-0.05, 0) is 128 Å². The first-order valence-electron chi connectivity index (χ1n) is 25.1. The van der Waals surface area contributed by atoms with Crippen LogP contribution in [-0.2, 0) is 65.8 Å². The zero-order valence-electron chi connectivity index (χ0n) is 43.1. The lowest BCUT2D eigenvalue weighted by atomic mass is 9.60. The second-order valence-electron chi connectivity index (χ2n) is 20.4. The minimum absolute atomic E-state index is 0.0226. The molecule has 0 unspecified atom stereocenters. The summed E-state index contributed by atoms with van der Waals surface area (Å²) in [6, 6.07) is 14.4. The standard InChI is InChI=1S/C27H22F4N6O3S.C26H23F4N7O3S/c1-35-15-22(14-33-35)41(39,40)36-9-7-18-11-24-17(13-34-37(24)21-4-2-20(28)3-5-21)12-26(18,16-36)25(38)23-10-19(6-8-32-23)27(29,30)31;1-35-32-14-23(34-35)41(39,40)36-9-7-17-11-22-16(13-33-37(22)20-4-2-19(27)3-5-20)12-25(17,15-36)24(38)21-10-18(6-8-31-21)26(28,29)30/h2-6,8,10-11,13-15H,7,9,12,16H2,1H3;2-6,8,10,13-14,17H,7,9,11-12,15H2,1H3/t26-;17-,25-/m00/s1. The number of ketones is 2. The third-order valence-corrected chi connectivity index (χ3v) is 18.9. The number of Topliss-reactive ketones (excluding diaryl/α,β-unsaturated/α-hetero) is 2. The van der Waals surface area contributed by atoms with Crippen LogP contribution in [0.2, 0.25) is 0 Å². The third kappa shape index (κ3) is 10.0. The fourth-order valence-electron chi connectivity index (χ4n) is 11.3. The van der Waals surface area contributed by atoms with Gasteiger partial charge in [-0.2, -0.15) is 60.1 Å². The van der Waals surface area contributed by atoms with Crippen molar-refractivity contribution in [1.82, 2.24) is 62.9 Å². The first-order chi connectivity index (χ1) is 38.8. The number of hydrogen-bond acceptors (Lipinski definition) is 13. The van der Waals surface area contributed by atoms with E-state index < -0.39 is 94.9 Å². The average molecular weight is 1180 g/mol. The third-order valence-electron chi connectivity index (χ3n) is 15.4. The fraction of sp³-hybridized carbons (Fsp3) is 0.302. The largest absolute Gasteiger partial charge is 0.416 e. The predicted octanol–water partition coefficient (Wildman–Crippen LogP) is 7.29. The Hall–Kier alpha value is -8.15. The number of carbonyl (C=O) groups is 2. The summed E-state index contributed by atoms with van der Waals surface area (Å²) in [4.78, 5) is 37.4. The smallest absolute Gasteiger partial charge is 0.292 e. The van der Waals surface area contributed by atoms with Crippen molar-refractivity contribution in [3.63, 3.8) is 0 Å². The zero-order chi connectivity index (χ0) is 58.3. The van der Waals surface area contributed by atoms with Crippen LogP contribution in [-0.4, -0.2) is 117 Å². The van der Waals surface area contributed by atoms with E-state index in [1.807, 2.05) is 0 Å². The van der Waals surface area contributed by atoms with Gasteiger partial charge < -0.3 is 0 Å². The fourth-order valence-corrected chi connectivity index (χ4v) is 14.2. The van der Waals surface area contributed by atoms with Gasteiger partial charge in [0.1, 0.15) is 27.9 Å². The van der Waals surface area contributed by atoms with Crippen LogP contribution in [0.15, 0.2) is 132 Å². The molecule has 0 amide bonds. The molecule has 0 spiro atoms. The monoisotopic (exact) mass is 1180 g/mol. The van der Waals surface area contributed by atoms with E-state index >= 15 is 0 Å². The molecule has 8 aromatic rings. The van der Waals surface area contributed by atoms with Crippen LogP contribution < -0.4 is 0 Å². The Kier molecular flexibility index (Phi) is 13.9. The molecule has 29 heteroatoms. The van der Waals surface area contributed by atoms with Crippen LogP contribution in [0.4, 0.5) is 35.1 Å². The van der Waals surface area contributed by atoms with Crippen molar-refractivity contribution in [2.75, 3.05) is 26.2 Å². The molecule has 2 fully saturated rings. The number of aryl methyl sites for hydroxylation is 2. The number of pyridine rings is 2. The zero-order valence-corrected chi connectivity index (χ0v) is 44.7. The lowest BCUT2D eigenvalue weighted by Crippen LogP contribution is -2.57. The van der Waals surface area contributed by atoms with Crippen molar-refractivity contribution in [2.24, 2.45) is 30.8 Å². The van der Waals surface area contributed by atoms with Crippen molar-refractivity contribution in [2.45, 2.75) is 54.4 Å². The van der Waals surface area contributed by atoms with E-state index in [1.54, 1.807) is 52.9 Å². The van der Waals surface area contributed by atoms with Gasteiger partial charge in [-0.1, -0.05) is 5.57 Å². The molecule has 2 aliphatic carbocycles. The van der Waals surface area contributed by atoms with E-state index in [-0.39, 0.29) is 61.8 Å². The SMILES string of the molecule is Cn1cc(S(=O)(=O)N2CCC3=Cc4c(cnn4-c4ccc(F)cc4)C[C@]3(C(=O)c3cc(C(F)(F)F)ccn3)C2)cn1.Cn1ncc(S(=O)(=O)N2CC[C@H]3Cc4c(cnn4-c4ccc(F)cc4)C[C@]3(C(=O)c3cc(C(F)(F)F)ccn3)C2)n1. The van der Waals surface area contributed by atoms with Crippen molar-refractivity contribution >= 4 is 37.7 Å². The Bertz CT molecular complexity index is 4080. The van der Waals surface area contributed by atoms with E-state index in [9.17, 15) is 61.5 Å². The maximum absolute atomic E-state index is 14.2. The second kappa shape index (κ2) is 20.4. The highest BCUT2D eigenvalue weighted by atomic mass is 32.2. The number of alkyl halides is 6. The first-order valence-corrected chi connectivity index (χ1v) is 28.0. The molecule has 2 saturated heterocycles. The number of carbonyl (C=O) groups excluding carboxylic acids is 2. The maximum atomic E-state index is 14.2. The number of fused-ring (bicyclic) bond motifs is 4. The Morgan fingerprint density at radius 3 is 1.82 bits per heavy atom. The van der Waals surface area contributed by atoms with Crippen LogP contribution in [0.25, 0.3) is 17.5 Å². The number of piperidine rings is 2. The number of nitrogens with zero attached hydrogens (tertiary/aromatic N) is 13. The minimum atomic E-state index is -4.70. The quantitative estimate of drug-likeness (QED) is 0.0971. The van der Waals surface area contributed by atoms with Gasteiger partial charge in [-0.25, -0.2) is 35.0 Å². The van der Waals surface area contributed by atoms with E-state index in [0.29, 0.717) is 52.3 Å². The molecule has 82 heavy (non-hydrogen) atoms.